The molecule has 4 heteroatoms. The summed E-state index contributed by atoms with van der Waals surface area (Å²) in [6, 6.07) is 0. The van der Waals surface area contributed by atoms with Gasteiger partial charge in [-0.25, -0.2) is 9.97 Å². The summed E-state index contributed by atoms with van der Waals surface area (Å²) in [6.45, 7) is 3.89. The standard InChI is InChI=1S/C15H25N3O/c1-3-16-9-12-10-17-15(18-11-12)14(19-2)13-7-5-4-6-8-13/h10-11,13-14,16H,3-9H2,1-2H3. The van der Waals surface area contributed by atoms with Gasteiger partial charge in [-0.3, -0.25) is 0 Å². The monoisotopic (exact) mass is 263 g/mol. The SMILES string of the molecule is CCNCc1cnc(C(OC)C2CCCCC2)nc1. The summed E-state index contributed by atoms with van der Waals surface area (Å²) in [6.07, 6.45) is 10.3. The first kappa shape index (κ1) is 14.4. The van der Waals surface area contributed by atoms with Gasteiger partial charge in [0.1, 0.15) is 6.10 Å². The van der Waals surface area contributed by atoms with Crippen molar-refractivity contribution in [3.63, 3.8) is 0 Å². The minimum absolute atomic E-state index is 0.0634. The largest absolute Gasteiger partial charge is 0.373 e. The molecule has 19 heavy (non-hydrogen) atoms. The molecule has 0 radical (unpaired) electrons. The Morgan fingerprint density at radius 3 is 2.53 bits per heavy atom. The van der Waals surface area contributed by atoms with Crippen LogP contribution in [0.1, 0.15) is 56.5 Å². The molecule has 4 nitrogen and oxygen atoms in total. The summed E-state index contributed by atoms with van der Waals surface area (Å²) < 4.78 is 5.66. The van der Waals surface area contributed by atoms with Gasteiger partial charge in [0.25, 0.3) is 0 Å². The van der Waals surface area contributed by atoms with Crippen molar-refractivity contribution in [1.82, 2.24) is 15.3 Å². The van der Waals surface area contributed by atoms with Crippen LogP contribution in [0.3, 0.4) is 0 Å². The third-order valence-electron chi connectivity index (χ3n) is 3.89. The highest BCUT2D eigenvalue weighted by Crippen LogP contribution is 2.34. The molecule has 1 unspecified atom stereocenters. The van der Waals surface area contributed by atoms with Crippen LogP contribution in [0.5, 0.6) is 0 Å². The van der Waals surface area contributed by atoms with Gasteiger partial charge in [-0.05, 0) is 25.3 Å². The lowest BCUT2D eigenvalue weighted by molar-refractivity contribution is 0.0288. The van der Waals surface area contributed by atoms with Gasteiger partial charge in [-0.2, -0.15) is 0 Å². The van der Waals surface area contributed by atoms with Crippen molar-refractivity contribution >= 4 is 0 Å². The Morgan fingerprint density at radius 2 is 1.95 bits per heavy atom. The number of methoxy groups -OCH3 is 1. The van der Waals surface area contributed by atoms with Crippen LogP contribution in [-0.4, -0.2) is 23.6 Å². The maximum atomic E-state index is 5.66. The Morgan fingerprint density at radius 1 is 1.26 bits per heavy atom. The zero-order valence-electron chi connectivity index (χ0n) is 12.1. The molecule has 1 aliphatic rings. The summed E-state index contributed by atoms with van der Waals surface area (Å²) in [4.78, 5) is 9.00. The maximum Gasteiger partial charge on any atom is 0.157 e. The van der Waals surface area contributed by atoms with Crippen molar-refractivity contribution in [3.05, 3.63) is 23.8 Å². The van der Waals surface area contributed by atoms with Gasteiger partial charge in [-0.1, -0.05) is 26.2 Å². The van der Waals surface area contributed by atoms with Crippen molar-refractivity contribution < 1.29 is 4.74 Å². The summed E-state index contributed by atoms with van der Waals surface area (Å²) in [5.74, 6) is 1.42. The number of ether oxygens (including phenoxy) is 1. The van der Waals surface area contributed by atoms with E-state index >= 15 is 0 Å². The lowest BCUT2D eigenvalue weighted by atomic mass is 9.85. The van der Waals surface area contributed by atoms with Crippen molar-refractivity contribution in [2.75, 3.05) is 13.7 Å². The number of nitrogens with zero attached hydrogens (tertiary/aromatic N) is 2. The highest BCUT2D eigenvalue weighted by atomic mass is 16.5. The van der Waals surface area contributed by atoms with Crippen LogP contribution in [0, 0.1) is 5.92 Å². The molecular weight excluding hydrogens is 238 g/mol. The first-order valence-electron chi connectivity index (χ1n) is 7.39. The molecule has 1 aromatic rings. The molecule has 0 amide bonds. The van der Waals surface area contributed by atoms with E-state index in [1.165, 1.54) is 32.1 Å². The van der Waals surface area contributed by atoms with Crippen molar-refractivity contribution in [3.8, 4) is 0 Å². The number of hydrogen-bond acceptors (Lipinski definition) is 4. The van der Waals surface area contributed by atoms with E-state index in [1.807, 2.05) is 12.4 Å². The fraction of sp³-hybridized carbons (Fsp3) is 0.733. The van der Waals surface area contributed by atoms with E-state index in [4.69, 9.17) is 4.74 Å². The summed E-state index contributed by atoms with van der Waals surface area (Å²) in [7, 11) is 1.77. The topological polar surface area (TPSA) is 47.0 Å². The summed E-state index contributed by atoms with van der Waals surface area (Å²) in [5, 5.41) is 3.28. The molecule has 0 spiro atoms. The number of hydrogen-bond donors (Lipinski definition) is 1. The quantitative estimate of drug-likeness (QED) is 0.857. The minimum atomic E-state index is 0.0634. The van der Waals surface area contributed by atoms with Gasteiger partial charge in [0.15, 0.2) is 5.82 Å². The second kappa shape index (κ2) is 7.56. The molecule has 1 N–H and O–H groups in total. The Labute approximate surface area is 116 Å². The van der Waals surface area contributed by atoms with E-state index in [1.54, 1.807) is 7.11 Å². The highest BCUT2D eigenvalue weighted by Gasteiger charge is 2.26. The lowest BCUT2D eigenvalue weighted by Gasteiger charge is -2.28. The Kier molecular flexibility index (Phi) is 5.73. The number of nitrogens with one attached hydrogen (secondary N) is 1. The van der Waals surface area contributed by atoms with Crippen LogP contribution < -0.4 is 5.32 Å². The zero-order chi connectivity index (χ0) is 13.5. The Hall–Kier alpha value is -1.00. The van der Waals surface area contributed by atoms with Crippen LogP contribution in [0.15, 0.2) is 12.4 Å². The summed E-state index contributed by atoms with van der Waals surface area (Å²) in [5.41, 5.74) is 1.13. The minimum Gasteiger partial charge on any atom is -0.373 e. The molecule has 0 aromatic carbocycles. The van der Waals surface area contributed by atoms with Gasteiger partial charge < -0.3 is 10.1 Å². The molecule has 1 saturated carbocycles. The van der Waals surface area contributed by atoms with Crippen LogP contribution in [0.4, 0.5) is 0 Å². The second-order valence-corrected chi connectivity index (χ2v) is 5.28. The summed E-state index contributed by atoms with van der Waals surface area (Å²) >= 11 is 0. The molecule has 2 rings (SSSR count). The molecule has 0 aliphatic heterocycles. The van der Waals surface area contributed by atoms with Gasteiger partial charge >= 0.3 is 0 Å². The van der Waals surface area contributed by atoms with Crippen molar-refractivity contribution in [2.24, 2.45) is 5.92 Å². The van der Waals surface area contributed by atoms with Crippen LogP contribution in [0.25, 0.3) is 0 Å². The molecule has 1 aromatic heterocycles. The Balaban J connectivity index is 2.01. The molecule has 0 bridgehead atoms. The average molecular weight is 263 g/mol. The van der Waals surface area contributed by atoms with E-state index in [0.717, 1.165) is 24.5 Å². The lowest BCUT2D eigenvalue weighted by Crippen LogP contribution is -2.20. The first-order valence-corrected chi connectivity index (χ1v) is 7.39. The number of rotatable bonds is 6. The van der Waals surface area contributed by atoms with Gasteiger partial charge in [0, 0.05) is 31.6 Å². The number of aromatic nitrogens is 2. The fourth-order valence-corrected chi connectivity index (χ4v) is 2.82. The molecule has 1 heterocycles. The predicted octanol–water partition coefficient (Wildman–Crippen LogP) is 2.85. The van der Waals surface area contributed by atoms with E-state index in [0.29, 0.717) is 5.92 Å². The van der Waals surface area contributed by atoms with Gasteiger partial charge in [0.2, 0.25) is 0 Å². The zero-order valence-corrected chi connectivity index (χ0v) is 12.1. The van der Waals surface area contributed by atoms with Crippen molar-refractivity contribution in [1.29, 1.82) is 0 Å². The van der Waals surface area contributed by atoms with Gasteiger partial charge in [0.05, 0.1) is 0 Å². The average Bonchev–Trinajstić information content (AvgIpc) is 2.48. The van der Waals surface area contributed by atoms with E-state index < -0.39 is 0 Å². The molecule has 0 saturated heterocycles. The van der Waals surface area contributed by atoms with Gasteiger partial charge in [-0.15, -0.1) is 0 Å². The molecule has 1 fully saturated rings. The van der Waals surface area contributed by atoms with Crippen molar-refractivity contribution in [2.45, 2.75) is 51.7 Å². The van der Waals surface area contributed by atoms with Crippen LogP contribution >= 0.6 is 0 Å². The van der Waals surface area contributed by atoms with E-state index in [-0.39, 0.29) is 6.10 Å². The van der Waals surface area contributed by atoms with Crippen LogP contribution in [-0.2, 0) is 11.3 Å². The maximum absolute atomic E-state index is 5.66. The molecule has 106 valence electrons. The van der Waals surface area contributed by atoms with E-state index in [9.17, 15) is 0 Å². The second-order valence-electron chi connectivity index (χ2n) is 5.28. The normalized spacial score (nSPS) is 18.4. The third kappa shape index (κ3) is 3.98. The third-order valence-corrected chi connectivity index (χ3v) is 3.89. The predicted molar refractivity (Wildman–Crippen MR) is 75.7 cm³/mol. The van der Waals surface area contributed by atoms with E-state index in [2.05, 4.69) is 22.2 Å². The van der Waals surface area contributed by atoms with Crippen LogP contribution in [0.2, 0.25) is 0 Å². The Bertz CT molecular complexity index is 360. The molecular formula is C15H25N3O. The highest BCUT2D eigenvalue weighted by molar-refractivity contribution is 5.07. The smallest absolute Gasteiger partial charge is 0.157 e. The molecule has 1 aliphatic carbocycles. The fourth-order valence-electron chi connectivity index (χ4n) is 2.82. The first-order chi connectivity index (χ1) is 9.35. The molecule has 1 atom stereocenters.